The summed E-state index contributed by atoms with van der Waals surface area (Å²) in [4.78, 5) is 11.6. The van der Waals surface area contributed by atoms with Crippen LogP contribution in [0.3, 0.4) is 0 Å². The molecule has 1 saturated heterocycles. The van der Waals surface area contributed by atoms with E-state index in [1.54, 1.807) is 0 Å². The normalized spacial score (nSPS) is 21.2. The molecule has 2 unspecified atom stereocenters. The molecule has 96 valence electrons. The number of amides is 1. The molecule has 0 saturated carbocycles. The summed E-state index contributed by atoms with van der Waals surface area (Å²) in [6, 6.07) is -0.105. The lowest BCUT2D eigenvalue weighted by Crippen LogP contribution is -2.44. The minimum Gasteiger partial charge on any atom is -0.376 e. The van der Waals surface area contributed by atoms with E-state index in [1.165, 1.54) is 0 Å². The Kier molecular flexibility index (Phi) is 8.61. The SMILES string of the molecule is CCCNC(C)C(=O)NCC1CCCO1.Cl. The largest absolute Gasteiger partial charge is 0.376 e. The van der Waals surface area contributed by atoms with Crippen molar-refractivity contribution in [1.82, 2.24) is 10.6 Å². The third-order valence-electron chi connectivity index (χ3n) is 2.62. The number of halogens is 1. The van der Waals surface area contributed by atoms with Crippen LogP contribution in [0.25, 0.3) is 0 Å². The summed E-state index contributed by atoms with van der Waals surface area (Å²) < 4.78 is 5.43. The van der Waals surface area contributed by atoms with Crippen molar-refractivity contribution in [2.45, 2.75) is 45.3 Å². The van der Waals surface area contributed by atoms with Crippen molar-refractivity contribution in [3.8, 4) is 0 Å². The molecule has 1 aliphatic heterocycles. The Morgan fingerprint density at radius 3 is 2.88 bits per heavy atom. The first-order valence-electron chi connectivity index (χ1n) is 5.86. The Morgan fingerprint density at radius 1 is 1.56 bits per heavy atom. The zero-order valence-corrected chi connectivity index (χ0v) is 10.9. The van der Waals surface area contributed by atoms with E-state index in [1.807, 2.05) is 6.92 Å². The lowest BCUT2D eigenvalue weighted by molar-refractivity contribution is -0.123. The van der Waals surface area contributed by atoms with Gasteiger partial charge >= 0.3 is 0 Å². The maximum Gasteiger partial charge on any atom is 0.236 e. The first-order chi connectivity index (χ1) is 7.24. The van der Waals surface area contributed by atoms with Crippen LogP contribution in [0.4, 0.5) is 0 Å². The van der Waals surface area contributed by atoms with E-state index < -0.39 is 0 Å². The van der Waals surface area contributed by atoms with Gasteiger partial charge in [-0.1, -0.05) is 6.92 Å². The van der Waals surface area contributed by atoms with Gasteiger partial charge in [0, 0.05) is 13.2 Å². The highest BCUT2D eigenvalue weighted by Crippen LogP contribution is 2.10. The van der Waals surface area contributed by atoms with Crippen molar-refractivity contribution in [3.63, 3.8) is 0 Å². The molecule has 1 aliphatic rings. The van der Waals surface area contributed by atoms with Crippen molar-refractivity contribution in [3.05, 3.63) is 0 Å². The van der Waals surface area contributed by atoms with Gasteiger partial charge in [0.15, 0.2) is 0 Å². The molecule has 0 spiro atoms. The minimum atomic E-state index is -0.105. The van der Waals surface area contributed by atoms with E-state index in [-0.39, 0.29) is 30.5 Å². The van der Waals surface area contributed by atoms with Gasteiger partial charge in [-0.25, -0.2) is 0 Å². The predicted octanol–water partition coefficient (Wildman–Crippen LogP) is 1.09. The first-order valence-corrected chi connectivity index (χ1v) is 5.86. The molecule has 1 heterocycles. The average molecular weight is 251 g/mol. The lowest BCUT2D eigenvalue weighted by atomic mass is 10.2. The van der Waals surface area contributed by atoms with Crippen LogP contribution in [0, 0.1) is 0 Å². The number of ether oxygens (including phenoxy) is 1. The van der Waals surface area contributed by atoms with Crippen molar-refractivity contribution in [1.29, 1.82) is 0 Å². The Labute approximate surface area is 104 Å². The summed E-state index contributed by atoms with van der Waals surface area (Å²) in [6.45, 7) is 6.35. The van der Waals surface area contributed by atoms with E-state index in [9.17, 15) is 4.79 Å². The molecule has 1 amide bonds. The van der Waals surface area contributed by atoms with Crippen LogP contribution >= 0.6 is 12.4 Å². The van der Waals surface area contributed by atoms with E-state index in [2.05, 4.69) is 17.6 Å². The van der Waals surface area contributed by atoms with Gasteiger partial charge in [-0.05, 0) is 32.7 Å². The number of hydrogen-bond donors (Lipinski definition) is 2. The van der Waals surface area contributed by atoms with Crippen LogP contribution < -0.4 is 10.6 Å². The average Bonchev–Trinajstić information content (AvgIpc) is 2.75. The van der Waals surface area contributed by atoms with E-state index >= 15 is 0 Å². The third kappa shape index (κ3) is 5.68. The minimum absolute atomic E-state index is 0. The molecule has 16 heavy (non-hydrogen) atoms. The van der Waals surface area contributed by atoms with Crippen molar-refractivity contribution in [2.75, 3.05) is 19.7 Å². The van der Waals surface area contributed by atoms with Crippen LogP contribution in [-0.2, 0) is 9.53 Å². The van der Waals surface area contributed by atoms with Crippen molar-refractivity contribution < 1.29 is 9.53 Å². The molecule has 1 fully saturated rings. The fraction of sp³-hybridized carbons (Fsp3) is 0.909. The molecule has 0 aromatic heterocycles. The number of rotatable bonds is 6. The first kappa shape index (κ1) is 15.7. The van der Waals surface area contributed by atoms with Crippen LogP contribution in [0.15, 0.2) is 0 Å². The van der Waals surface area contributed by atoms with Gasteiger partial charge in [0.25, 0.3) is 0 Å². The van der Waals surface area contributed by atoms with Crippen LogP contribution in [0.1, 0.15) is 33.1 Å². The number of hydrogen-bond acceptors (Lipinski definition) is 3. The van der Waals surface area contributed by atoms with Crippen LogP contribution in [-0.4, -0.2) is 37.7 Å². The molecule has 2 N–H and O–H groups in total. The zero-order valence-electron chi connectivity index (χ0n) is 10.1. The van der Waals surface area contributed by atoms with Gasteiger partial charge in [0.2, 0.25) is 5.91 Å². The maximum atomic E-state index is 11.6. The third-order valence-corrected chi connectivity index (χ3v) is 2.62. The van der Waals surface area contributed by atoms with Crippen LogP contribution in [0.5, 0.6) is 0 Å². The fourth-order valence-electron chi connectivity index (χ4n) is 1.63. The zero-order chi connectivity index (χ0) is 11.1. The summed E-state index contributed by atoms with van der Waals surface area (Å²) in [5.74, 6) is 0.0685. The quantitative estimate of drug-likeness (QED) is 0.742. The molecular formula is C11H23ClN2O2. The van der Waals surface area contributed by atoms with Gasteiger partial charge in [-0.2, -0.15) is 0 Å². The molecule has 5 heteroatoms. The second kappa shape index (κ2) is 8.79. The summed E-state index contributed by atoms with van der Waals surface area (Å²) in [5, 5.41) is 6.06. The Balaban J connectivity index is 0.00000225. The lowest BCUT2D eigenvalue weighted by Gasteiger charge is -2.15. The number of carbonyl (C=O) groups excluding carboxylic acids is 1. The smallest absolute Gasteiger partial charge is 0.236 e. The topological polar surface area (TPSA) is 50.4 Å². The van der Waals surface area contributed by atoms with Gasteiger partial charge in [-0.3, -0.25) is 4.79 Å². The maximum absolute atomic E-state index is 11.6. The molecule has 0 aromatic carbocycles. The Bertz CT molecular complexity index is 196. The number of nitrogens with one attached hydrogen (secondary N) is 2. The van der Waals surface area contributed by atoms with Gasteiger partial charge in [0.05, 0.1) is 12.1 Å². The van der Waals surface area contributed by atoms with E-state index in [0.29, 0.717) is 6.54 Å². The molecule has 1 rings (SSSR count). The predicted molar refractivity (Wildman–Crippen MR) is 67.0 cm³/mol. The molecule has 0 bridgehead atoms. The molecule has 4 nitrogen and oxygen atoms in total. The monoisotopic (exact) mass is 250 g/mol. The highest BCUT2D eigenvalue weighted by Gasteiger charge is 2.17. The van der Waals surface area contributed by atoms with Gasteiger partial charge in [-0.15, -0.1) is 12.4 Å². The van der Waals surface area contributed by atoms with Crippen LogP contribution in [0.2, 0.25) is 0 Å². The fourth-order valence-corrected chi connectivity index (χ4v) is 1.63. The molecule has 0 radical (unpaired) electrons. The van der Waals surface area contributed by atoms with E-state index in [4.69, 9.17) is 4.74 Å². The van der Waals surface area contributed by atoms with Crippen molar-refractivity contribution in [2.24, 2.45) is 0 Å². The summed E-state index contributed by atoms with van der Waals surface area (Å²) >= 11 is 0. The highest BCUT2D eigenvalue weighted by atomic mass is 35.5. The second-order valence-corrected chi connectivity index (χ2v) is 4.06. The summed E-state index contributed by atoms with van der Waals surface area (Å²) in [6.07, 6.45) is 3.46. The molecule has 2 atom stereocenters. The molecular weight excluding hydrogens is 228 g/mol. The molecule has 0 aliphatic carbocycles. The standard InChI is InChI=1S/C11H22N2O2.ClH/c1-3-6-12-9(2)11(14)13-8-10-5-4-7-15-10;/h9-10,12H,3-8H2,1-2H3,(H,13,14);1H. The second-order valence-electron chi connectivity index (χ2n) is 4.06. The van der Waals surface area contributed by atoms with Gasteiger partial charge in [0.1, 0.15) is 0 Å². The highest BCUT2D eigenvalue weighted by molar-refractivity contribution is 5.85. The van der Waals surface area contributed by atoms with E-state index in [0.717, 1.165) is 32.4 Å². The Hall–Kier alpha value is -0.320. The molecule has 0 aromatic rings. The summed E-state index contributed by atoms with van der Waals surface area (Å²) in [7, 11) is 0. The Morgan fingerprint density at radius 2 is 2.31 bits per heavy atom. The van der Waals surface area contributed by atoms with Gasteiger partial charge < -0.3 is 15.4 Å². The summed E-state index contributed by atoms with van der Waals surface area (Å²) in [5.41, 5.74) is 0. The van der Waals surface area contributed by atoms with Crippen molar-refractivity contribution >= 4 is 18.3 Å². The number of carbonyl (C=O) groups is 1.